The van der Waals surface area contributed by atoms with Crippen LogP contribution in [0.1, 0.15) is 37.3 Å². The van der Waals surface area contributed by atoms with Crippen LogP contribution >= 0.6 is 0 Å². The van der Waals surface area contributed by atoms with Crippen molar-refractivity contribution in [2.45, 2.75) is 39.5 Å². The van der Waals surface area contributed by atoms with E-state index in [0.717, 1.165) is 17.5 Å². The third kappa shape index (κ3) is 3.33. The predicted octanol–water partition coefficient (Wildman–Crippen LogP) is 3.09. The molecule has 0 aliphatic carbocycles. The third-order valence-electron chi connectivity index (χ3n) is 2.43. The molecule has 0 atom stereocenters. The molecule has 1 aromatic carbocycles. The van der Waals surface area contributed by atoms with Gasteiger partial charge in [0.05, 0.1) is 0 Å². The second-order valence-electron chi connectivity index (χ2n) is 3.75. The highest BCUT2D eigenvalue weighted by atomic mass is 16.1. The van der Waals surface area contributed by atoms with Crippen LogP contribution in [0.4, 0.5) is 0 Å². The lowest BCUT2D eigenvalue weighted by molar-refractivity contribution is 0.717. The summed E-state index contributed by atoms with van der Waals surface area (Å²) in [6.45, 7) is 4.05. The second-order valence-corrected chi connectivity index (χ2v) is 3.75. The molecule has 0 aliphatic heterocycles. The van der Waals surface area contributed by atoms with Crippen LogP contribution in [0.5, 0.6) is 0 Å². The highest BCUT2D eigenvalue weighted by Gasteiger charge is 1.94. The normalized spacial score (nSPS) is 10.1. The zero-order chi connectivity index (χ0) is 10.4. The van der Waals surface area contributed by atoms with Gasteiger partial charge in [0.2, 0.25) is 0 Å². The van der Waals surface area contributed by atoms with Crippen molar-refractivity contribution in [1.82, 2.24) is 0 Å². The maximum absolute atomic E-state index is 11.5. The molecule has 0 radical (unpaired) electrons. The molecule has 0 spiro atoms. The predicted molar refractivity (Wildman–Crippen MR) is 60.7 cm³/mol. The Morgan fingerprint density at radius 1 is 1.21 bits per heavy atom. The van der Waals surface area contributed by atoms with Crippen molar-refractivity contribution in [3.8, 4) is 0 Å². The van der Waals surface area contributed by atoms with E-state index in [4.69, 9.17) is 0 Å². The quantitative estimate of drug-likeness (QED) is 0.667. The number of unbranched alkanes of at least 4 members (excludes halogenated alkanes) is 2. The second kappa shape index (κ2) is 5.58. The van der Waals surface area contributed by atoms with E-state index in [9.17, 15) is 4.79 Å². The molecule has 14 heavy (non-hydrogen) atoms. The lowest BCUT2D eigenvalue weighted by Gasteiger charge is -1.95. The van der Waals surface area contributed by atoms with Crippen LogP contribution in [-0.2, 0) is 6.42 Å². The Morgan fingerprint density at radius 3 is 2.71 bits per heavy atom. The molecule has 0 aliphatic rings. The Bertz CT molecular complexity index is 341. The molecule has 0 aromatic heterocycles. The first-order valence-corrected chi connectivity index (χ1v) is 5.34. The van der Waals surface area contributed by atoms with E-state index in [2.05, 4.69) is 6.92 Å². The molecule has 1 nitrogen and oxygen atoms in total. The summed E-state index contributed by atoms with van der Waals surface area (Å²) in [5.74, 6) is 0. The van der Waals surface area contributed by atoms with Crippen molar-refractivity contribution >= 4 is 0 Å². The van der Waals surface area contributed by atoms with Gasteiger partial charge in [-0.2, -0.15) is 0 Å². The van der Waals surface area contributed by atoms with Gasteiger partial charge in [-0.1, -0.05) is 38.0 Å². The van der Waals surface area contributed by atoms with E-state index in [1.807, 2.05) is 25.1 Å². The summed E-state index contributed by atoms with van der Waals surface area (Å²) < 4.78 is 0. The van der Waals surface area contributed by atoms with E-state index in [1.165, 1.54) is 19.3 Å². The Morgan fingerprint density at radius 2 is 2.00 bits per heavy atom. The zero-order valence-corrected chi connectivity index (χ0v) is 9.05. The summed E-state index contributed by atoms with van der Waals surface area (Å²) in [4.78, 5) is 11.5. The minimum absolute atomic E-state index is 0.154. The van der Waals surface area contributed by atoms with E-state index in [1.54, 1.807) is 6.07 Å². The Balaban J connectivity index is 2.75. The lowest BCUT2D eigenvalue weighted by Crippen LogP contribution is -1.99. The Hall–Kier alpha value is -1.11. The SMILES string of the molecule is CCCCCc1cccc(C)c(=O)c1. The first-order chi connectivity index (χ1) is 6.74. The monoisotopic (exact) mass is 190 g/mol. The molecular formula is C13H18O. The van der Waals surface area contributed by atoms with Gasteiger partial charge in [-0.3, -0.25) is 4.79 Å². The maximum Gasteiger partial charge on any atom is 0.181 e. The van der Waals surface area contributed by atoms with Crippen LogP contribution in [0, 0.1) is 6.92 Å². The van der Waals surface area contributed by atoms with Gasteiger partial charge < -0.3 is 0 Å². The first-order valence-electron chi connectivity index (χ1n) is 5.34. The summed E-state index contributed by atoms with van der Waals surface area (Å²) in [6.07, 6.45) is 4.67. The van der Waals surface area contributed by atoms with Crippen molar-refractivity contribution < 1.29 is 0 Å². The Labute approximate surface area is 85.8 Å². The standard InChI is InChI=1S/C13H18O/c1-3-4-5-8-12-9-6-7-11(2)13(14)10-12/h6-7,9-10H,3-5,8H2,1-2H3. The van der Waals surface area contributed by atoms with Crippen molar-refractivity contribution in [3.63, 3.8) is 0 Å². The topological polar surface area (TPSA) is 17.1 Å². The van der Waals surface area contributed by atoms with Gasteiger partial charge in [0, 0.05) is 0 Å². The van der Waals surface area contributed by atoms with Crippen molar-refractivity contribution in [3.05, 3.63) is 45.6 Å². The van der Waals surface area contributed by atoms with Crippen LogP contribution in [0.25, 0.3) is 0 Å². The Kier molecular flexibility index (Phi) is 4.37. The molecule has 1 heteroatoms. The summed E-state index contributed by atoms with van der Waals surface area (Å²) in [7, 11) is 0. The third-order valence-corrected chi connectivity index (χ3v) is 2.43. The minimum Gasteiger partial charge on any atom is -0.290 e. The van der Waals surface area contributed by atoms with Crippen LogP contribution in [0.2, 0.25) is 0 Å². The highest BCUT2D eigenvalue weighted by molar-refractivity contribution is 5.19. The van der Waals surface area contributed by atoms with Gasteiger partial charge in [-0.15, -0.1) is 0 Å². The first kappa shape index (κ1) is 11.0. The van der Waals surface area contributed by atoms with Gasteiger partial charge in [0.15, 0.2) is 5.43 Å². The molecule has 0 bridgehead atoms. The van der Waals surface area contributed by atoms with Crippen LogP contribution in [0.15, 0.2) is 29.1 Å². The van der Waals surface area contributed by atoms with Crippen LogP contribution in [-0.4, -0.2) is 0 Å². The van der Waals surface area contributed by atoms with Gasteiger partial charge in [0.25, 0.3) is 0 Å². The van der Waals surface area contributed by atoms with Gasteiger partial charge in [-0.05, 0) is 37.0 Å². The van der Waals surface area contributed by atoms with Crippen molar-refractivity contribution in [2.24, 2.45) is 0 Å². The molecule has 0 saturated carbocycles. The number of hydrogen-bond donors (Lipinski definition) is 0. The summed E-state index contributed by atoms with van der Waals surface area (Å²) >= 11 is 0. The fraction of sp³-hybridized carbons (Fsp3) is 0.462. The zero-order valence-electron chi connectivity index (χ0n) is 9.05. The van der Waals surface area contributed by atoms with E-state index >= 15 is 0 Å². The summed E-state index contributed by atoms with van der Waals surface area (Å²) in [5.41, 5.74) is 2.14. The van der Waals surface area contributed by atoms with Gasteiger partial charge in [-0.25, -0.2) is 0 Å². The molecular weight excluding hydrogens is 172 g/mol. The molecule has 0 saturated heterocycles. The molecule has 0 fully saturated rings. The number of rotatable bonds is 4. The number of hydrogen-bond acceptors (Lipinski definition) is 1. The van der Waals surface area contributed by atoms with E-state index in [-0.39, 0.29) is 5.43 Å². The maximum atomic E-state index is 11.5. The molecule has 1 rings (SSSR count). The highest BCUT2D eigenvalue weighted by Crippen LogP contribution is 2.04. The molecule has 0 heterocycles. The molecule has 76 valence electrons. The molecule has 0 amide bonds. The van der Waals surface area contributed by atoms with Crippen LogP contribution in [0.3, 0.4) is 0 Å². The van der Waals surface area contributed by atoms with Gasteiger partial charge >= 0.3 is 0 Å². The fourth-order valence-corrected chi connectivity index (χ4v) is 1.46. The van der Waals surface area contributed by atoms with E-state index < -0.39 is 0 Å². The van der Waals surface area contributed by atoms with Gasteiger partial charge in [0.1, 0.15) is 0 Å². The lowest BCUT2D eigenvalue weighted by atomic mass is 10.1. The smallest absolute Gasteiger partial charge is 0.181 e. The van der Waals surface area contributed by atoms with Crippen molar-refractivity contribution in [2.75, 3.05) is 0 Å². The molecule has 1 aromatic rings. The molecule has 0 unspecified atom stereocenters. The minimum atomic E-state index is 0.154. The van der Waals surface area contributed by atoms with Crippen molar-refractivity contribution in [1.29, 1.82) is 0 Å². The van der Waals surface area contributed by atoms with Crippen LogP contribution < -0.4 is 5.43 Å². The number of aryl methyl sites for hydroxylation is 2. The summed E-state index contributed by atoms with van der Waals surface area (Å²) in [5, 5.41) is 0. The van der Waals surface area contributed by atoms with E-state index in [0.29, 0.717) is 0 Å². The average molecular weight is 190 g/mol. The largest absolute Gasteiger partial charge is 0.290 e. The molecule has 0 N–H and O–H groups in total. The average Bonchev–Trinajstić information content (AvgIpc) is 2.31. The summed E-state index contributed by atoms with van der Waals surface area (Å²) in [6, 6.07) is 7.67. The fourth-order valence-electron chi connectivity index (χ4n) is 1.46.